The van der Waals surface area contributed by atoms with E-state index < -0.39 is 11.5 Å². The number of H-pyrrole nitrogens is 1. The number of hydrogen-bond donors (Lipinski definition) is 3. The zero-order chi connectivity index (χ0) is 16.5. The molecule has 0 atom stereocenters. The summed E-state index contributed by atoms with van der Waals surface area (Å²) in [7, 11) is 0. The second kappa shape index (κ2) is 8.96. The average molecular weight is 309 g/mol. The smallest absolute Gasteiger partial charge is 0.303 e. The molecule has 0 saturated carbocycles. The van der Waals surface area contributed by atoms with Crippen LogP contribution >= 0.6 is 0 Å². The predicted molar refractivity (Wildman–Crippen MR) is 82.0 cm³/mol. The van der Waals surface area contributed by atoms with Gasteiger partial charge in [0, 0.05) is 13.0 Å². The van der Waals surface area contributed by atoms with E-state index in [1.54, 1.807) is 13.8 Å². The molecule has 0 saturated heterocycles. The zero-order valence-corrected chi connectivity index (χ0v) is 13.1. The molecule has 0 aliphatic carbocycles. The normalized spacial score (nSPS) is 10.5. The summed E-state index contributed by atoms with van der Waals surface area (Å²) in [6.07, 6.45) is 4.44. The number of aliphatic carboxylic acids is 1. The Morgan fingerprint density at radius 3 is 2.45 bits per heavy atom. The van der Waals surface area contributed by atoms with E-state index in [4.69, 9.17) is 5.11 Å². The van der Waals surface area contributed by atoms with Gasteiger partial charge in [0.1, 0.15) is 5.56 Å². The number of rotatable bonds is 9. The summed E-state index contributed by atoms with van der Waals surface area (Å²) in [6.45, 7) is 3.94. The highest BCUT2D eigenvalue weighted by atomic mass is 16.4. The molecule has 1 rings (SSSR count). The van der Waals surface area contributed by atoms with Gasteiger partial charge in [-0.3, -0.25) is 14.4 Å². The Hall–Kier alpha value is -2.18. The molecule has 1 aromatic heterocycles. The molecule has 0 aliphatic heterocycles. The third-order valence-electron chi connectivity index (χ3n) is 3.55. The summed E-state index contributed by atoms with van der Waals surface area (Å²) in [5, 5.41) is 17.4. The van der Waals surface area contributed by atoms with E-state index in [0.29, 0.717) is 24.2 Å². The van der Waals surface area contributed by atoms with Crippen LogP contribution in [0.1, 0.15) is 60.1 Å². The number of carbonyl (C=O) groups excluding carboxylic acids is 1. The number of aromatic nitrogens is 2. The summed E-state index contributed by atoms with van der Waals surface area (Å²) in [4.78, 5) is 34.0. The highest BCUT2D eigenvalue weighted by Gasteiger charge is 2.15. The first-order chi connectivity index (χ1) is 10.4. The van der Waals surface area contributed by atoms with Crippen molar-refractivity contribution in [2.24, 2.45) is 0 Å². The third kappa shape index (κ3) is 5.67. The van der Waals surface area contributed by atoms with Crippen LogP contribution in [-0.2, 0) is 4.79 Å². The lowest BCUT2D eigenvalue weighted by atomic mass is 10.1. The van der Waals surface area contributed by atoms with E-state index in [1.165, 1.54) is 0 Å². The second-order valence-corrected chi connectivity index (χ2v) is 5.31. The molecule has 122 valence electrons. The summed E-state index contributed by atoms with van der Waals surface area (Å²) in [6, 6.07) is 0. The summed E-state index contributed by atoms with van der Waals surface area (Å²) in [5.41, 5.74) is 0.862. The number of aromatic amines is 1. The number of amides is 1. The molecule has 3 N–H and O–H groups in total. The van der Waals surface area contributed by atoms with Crippen molar-refractivity contribution in [2.75, 3.05) is 6.54 Å². The molecule has 7 nitrogen and oxygen atoms in total. The van der Waals surface area contributed by atoms with Crippen molar-refractivity contribution in [3.8, 4) is 0 Å². The molecule has 1 amide bonds. The second-order valence-electron chi connectivity index (χ2n) is 5.31. The van der Waals surface area contributed by atoms with E-state index in [9.17, 15) is 14.4 Å². The monoisotopic (exact) mass is 309 g/mol. The van der Waals surface area contributed by atoms with Crippen LogP contribution in [0.3, 0.4) is 0 Å². The van der Waals surface area contributed by atoms with Gasteiger partial charge in [0.2, 0.25) is 0 Å². The van der Waals surface area contributed by atoms with Crippen molar-refractivity contribution < 1.29 is 14.7 Å². The number of nitrogens with zero attached hydrogens (tertiary/aromatic N) is 1. The van der Waals surface area contributed by atoms with Crippen molar-refractivity contribution in [1.82, 2.24) is 15.5 Å². The third-order valence-corrected chi connectivity index (χ3v) is 3.55. The number of carboxylic acids is 1. The van der Waals surface area contributed by atoms with Crippen molar-refractivity contribution in [1.29, 1.82) is 0 Å². The van der Waals surface area contributed by atoms with Crippen LogP contribution in [0.2, 0.25) is 0 Å². The topological polar surface area (TPSA) is 112 Å². The Morgan fingerprint density at radius 1 is 1.14 bits per heavy atom. The van der Waals surface area contributed by atoms with Crippen LogP contribution < -0.4 is 10.9 Å². The average Bonchev–Trinajstić information content (AvgIpc) is 2.46. The number of carbonyl (C=O) groups is 2. The minimum Gasteiger partial charge on any atom is -0.481 e. The highest BCUT2D eigenvalue weighted by Crippen LogP contribution is 2.06. The molecule has 0 aliphatic rings. The molecular weight excluding hydrogens is 286 g/mol. The molecule has 0 unspecified atom stereocenters. The van der Waals surface area contributed by atoms with E-state index >= 15 is 0 Å². The van der Waals surface area contributed by atoms with Crippen LogP contribution in [0.5, 0.6) is 0 Å². The number of unbranched alkanes of at least 4 members (excludes halogenated alkanes) is 4. The van der Waals surface area contributed by atoms with Gasteiger partial charge in [-0.2, -0.15) is 5.10 Å². The Kier molecular flexibility index (Phi) is 7.28. The number of hydrogen-bond acceptors (Lipinski definition) is 4. The van der Waals surface area contributed by atoms with Gasteiger partial charge in [0.15, 0.2) is 0 Å². The first kappa shape index (κ1) is 17.9. The maximum Gasteiger partial charge on any atom is 0.303 e. The van der Waals surface area contributed by atoms with Gasteiger partial charge in [0.25, 0.3) is 11.5 Å². The minimum absolute atomic E-state index is 0.119. The lowest BCUT2D eigenvalue weighted by Gasteiger charge is -2.08. The highest BCUT2D eigenvalue weighted by molar-refractivity contribution is 5.95. The van der Waals surface area contributed by atoms with Gasteiger partial charge >= 0.3 is 5.97 Å². The van der Waals surface area contributed by atoms with Crippen molar-refractivity contribution >= 4 is 11.9 Å². The number of carboxylic acid groups (broad SMARTS) is 1. The van der Waals surface area contributed by atoms with Crippen LogP contribution in [0, 0.1) is 13.8 Å². The summed E-state index contributed by atoms with van der Waals surface area (Å²) in [5.74, 6) is -1.14. The van der Waals surface area contributed by atoms with Gasteiger partial charge in [-0.1, -0.05) is 19.3 Å². The first-order valence-corrected chi connectivity index (χ1v) is 7.49. The summed E-state index contributed by atoms with van der Waals surface area (Å²) >= 11 is 0. The lowest BCUT2D eigenvalue weighted by molar-refractivity contribution is -0.137. The molecule has 0 bridgehead atoms. The van der Waals surface area contributed by atoms with Gasteiger partial charge in [-0.05, 0) is 32.3 Å². The molecule has 1 heterocycles. The quantitative estimate of drug-likeness (QED) is 0.599. The molecule has 0 fully saturated rings. The largest absolute Gasteiger partial charge is 0.481 e. The fraction of sp³-hybridized carbons (Fsp3) is 0.600. The Labute approximate surface area is 129 Å². The van der Waals surface area contributed by atoms with Gasteiger partial charge < -0.3 is 10.4 Å². The summed E-state index contributed by atoms with van der Waals surface area (Å²) < 4.78 is 0. The van der Waals surface area contributed by atoms with Crippen LogP contribution in [0.15, 0.2) is 4.79 Å². The molecule has 0 aromatic carbocycles. The fourth-order valence-corrected chi connectivity index (χ4v) is 2.12. The molecule has 1 aromatic rings. The number of nitrogens with one attached hydrogen (secondary N) is 2. The van der Waals surface area contributed by atoms with Crippen LogP contribution in [0.4, 0.5) is 0 Å². The SMILES string of the molecule is Cc1n[nH]c(=O)c(C(=O)NCCCCCCCC(=O)O)c1C. The zero-order valence-electron chi connectivity index (χ0n) is 13.1. The molecule has 7 heteroatoms. The lowest BCUT2D eigenvalue weighted by Crippen LogP contribution is -2.32. The van der Waals surface area contributed by atoms with Crippen molar-refractivity contribution in [3.05, 3.63) is 27.2 Å². The Balaban J connectivity index is 2.29. The predicted octanol–water partition coefficient (Wildman–Crippen LogP) is 1.54. The first-order valence-electron chi connectivity index (χ1n) is 7.49. The van der Waals surface area contributed by atoms with E-state index in [-0.39, 0.29) is 17.9 Å². The maximum absolute atomic E-state index is 12.0. The molecule has 0 spiro atoms. The van der Waals surface area contributed by atoms with Crippen molar-refractivity contribution in [3.63, 3.8) is 0 Å². The van der Waals surface area contributed by atoms with E-state index in [0.717, 1.165) is 25.7 Å². The van der Waals surface area contributed by atoms with Crippen LogP contribution in [0.25, 0.3) is 0 Å². The fourth-order valence-electron chi connectivity index (χ4n) is 2.12. The van der Waals surface area contributed by atoms with E-state index in [1.807, 2.05) is 0 Å². The number of aryl methyl sites for hydroxylation is 1. The molecular formula is C15H23N3O4. The van der Waals surface area contributed by atoms with E-state index in [2.05, 4.69) is 15.5 Å². The Morgan fingerprint density at radius 2 is 1.77 bits per heavy atom. The Bertz CT molecular complexity index is 581. The van der Waals surface area contributed by atoms with Gasteiger partial charge in [-0.25, -0.2) is 5.10 Å². The maximum atomic E-state index is 12.0. The standard InChI is InChI=1S/C15H23N3O4/c1-10-11(2)17-18-15(22)13(10)14(21)16-9-7-5-3-4-6-8-12(19)20/h3-9H2,1-2H3,(H,16,21)(H,18,22)(H,19,20). The molecule has 22 heavy (non-hydrogen) atoms. The van der Waals surface area contributed by atoms with Crippen LogP contribution in [-0.4, -0.2) is 33.7 Å². The minimum atomic E-state index is -0.763. The van der Waals surface area contributed by atoms with Gasteiger partial charge in [0.05, 0.1) is 5.69 Å². The van der Waals surface area contributed by atoms with Crippen molar-refractivity contribution in [2.45, 2.75) is 52.4 Å². The van der Waals surface area contributed by atoms with Gasteiger partial charge in [-0.15, -0.1) is 0 Å². The molecule has 0 radical (unpaired) electrons.